The number of aliphatic hydroxyl groups excluding tert-OH is 2. The Bertz CT molecular complexity index is 1280. The highest BCUT2D eigenvalue weighted by Crippen LogP contribution is 2.18. The second-order valence-corrected chi connectivity index (χ2v) is 24.6. The van der Waals surface area contributed by atoms with E-state index in [1.165, 1.54) is 321 Å². The number of amides is 1. The molecule has 0 saturated carbocycles. The Balaban J connectivity index is 3.38. The third kappa shape index (κ3) is 65.1. The van der Waals surface area contributed by atoms with Crippen LogP contribution in [0.25, 0.3) is 0 Å². The second-order valence-electron chi connectivity index (χ2n) is 24.6. The topological polar surface area (TPSA) is 95.9 Å². The number of nitrogens with one attached hydrogen (secondary N) is 1. The molecule has 1 amide bonds. The van der Waals surface area contributed by atoms with Crippen LogP contribution in [-0.4, -0.2) is 47.4 Å². The highest BCUT2D eigenvalue weighted by molar-refractivity contribution is 5.76. The van der Waals surface area contributed by atoms with Gasteiger partial charge in [-0.2, -0.15) is 0 Å². The molecule has 0 aromatic carbocycles. The van der Waals surface area contributed by atoms with Crippen LogP contribution in [-0.2, 0) is 14.3 Å². The molecule has 0 aliphatic carbocycles. The van der Waals surface area contributed by atoms with Crippen LogP contribution < -0.4 is 5.32 Å². The van der Waals surface area contributed by atoms with E-state index in [1.54, 1.807) is 6.08 Å². The molecular weight excluding hydrogens is 971 g/mol. The van der Waals surface area contributed by atoms with Crippen molar-refractivity contribution in [3.63, 3.8) is 0 Å². The zero-order valence-electron chi connectivity index (χ0n) is 53.4. The molecule has 2 unspecified atom stereocenters. The molecule has 2 atom stereocenters. The Morgan fingerprint density at radius 2 is 0.595 bits per heavy atom. The molecule has 0 rings (SSSR count). The van der Waals surface area contributed by atoms with Gasteiger partial charge in [-0.25, -0.2) is 0 Å². The zero-order chi connectivity index (χ0) is 57.1. The summed E-state index contributed by atoms with van der Waals surface area (Å²) in [6.45, 7) is 4.92. The molecule has 0 radical (unpaired) electrons. The Hall–Kier alpha value is -1.92. The summed E-state index contributed by atoms with van der Waals surface area (Å²) in [5.74, 6) is -0.0539. The Morgan fingerprint density at radius 1 is 0.342 bits per heavy atom. The van der Waals surface area contributed by atoms with E-state index in [4.69, 9.17) is 4.74 Å². The largest absolute Gasteiger partial charge is 0.466 e. The maximum atomic E-state index is 12.5. The molecule has 0 aliphatic rings. The van der Waals surface area contributed by atoms with Gasteiger partial charge in [0.05, 0.1) is 25.4 Å². The van der Waals surface area contributed by atoms with E-state index in [1.807, 2.05) is 6.08 Å². The summed E-state index contributed by atoms with van der Waals surface area (Å²) in [7, 11) is 0. The van der Waals surface area contributed by atoms with E-state index in [0.29, 0.717) is 19.4 Å². The monoisotopic (exact) mass is 1110 g/mol. The van der Waals surface area contributed by atoms with Crippen molar-refractivity contribution in [1.29, 1.82) is 0 Å². The second kappa shape index (κ2) is 68.6. The minimum Gasteiger partial charge on any atom is -0.466 e. The molecule has 0 saturated heterocycles. The molecule has 466 valence electrons. The Kier molecular flexibility index (Phi) is 66.9. The highest BCUT2D eigenvalue weighted by atomic mass is 16.5. The van der Waals surface area contributed by atoms with Gasteiger partial charge < -0.3 is 20.3 Å². The maximum absolute atomic E-state index is 12.5. The summed E-state index contributed by atoms with van der Waals surface area (Å²) in [6, 6.07) is -0.627. The van der Waals surface area contributed by atoms with E-state index in [-0.39, 0.29) is 18.5 Å². The van der Waals surface area contributed by atoms with Crippen molar-refractivity contribution in [3.8, 4) is 0 Å². The Labute approximate surface area is 494 Å². The summed E-state index contributed by atoms with van der Waals surface area (Å²) in [5.41, 5.74) is 0. The van der Waals surface area contributed by atoms with E-state index < -0.39 is 12.1 Å². The van der Waals surface area contributed by atoms with Gasteiger partial charge >= 0.3 is 5.97 Å². The average Bonchev–Trinajstić information content (AvgIpc) is 3.45. The first-order valence-corrected chi connectivity index (χ1v) is 35.8. The molecule has 79 heavy (non-hydrogen) atoms. The molecule has 0 spiro atoms. The van der Waals surface area contributed by atoms with Crippen molar-refractivity contribution >= 4 is 11.9 Å². The predicted octanol–water partition coefficient (Wildman–Crippen LogP) is 23.1. The smallest absolute Gasteiger partial charge is 0.305 e. The lowest BCUT2D eigenvalue weighted by atomic mass is 10.0. The number of carbonyl (C=O) groups excluding carboxylic acids is 2. The van der Waals surface area contributed by atoms with Crippen LogP contribution in [0.3, 0.4) is 0 Å². The minimum absolute atomic E-state index is 0.00917. The average molecular weight is 1110 g/mol. The maximum Gasteiger partial charge on any atom is 0.305 e. The quantitative estimate of drug-likeness (QED) is 0.0320. The summed E-state index contributed by atoms with van der Waals surface area (Å²) >= 11 is 0. The van der Waals surface area contributed by atoms with E-state index in [2.05, 4.69) is 43.5 Å². The summed E-state index contributed by atoms with van der Waals surface area (Å²) < 4.78 is 5.49. The summed E-state index contributed by atoms with van der Waals surface area (Å²) in [4.78, 5) is 24.6. The van der Waals surface area contributed by atoms with Gasteiger partial charge in [-0.3, -0.25) is 9.59 Å². The lowest BCUT2D eigenvalue weighted by molar-refractivity contribution is -0.143. The molecule has 0 heterocycles. The fraction of sp³-hybridized carbons (Fsp3) is 0.890. The molecule has 0 aromatic rings. The van der Waals surface area contributed by atoms with E-state index >= 15 is 0 Å². The number of esters is 1. The number of unbranched alkanes of at least 4 members (excludes halogenated alkanes) is 52. The Morgan fingerprint density at radius 3 is 0.899 bits per heavy atom. The van der Waals surface area contributed by atoms with Crippen molar-refractivity contribution in [2.24, 2.45) is 0 Å². The zero-order valence-corrected chi connectivity index (χ0v) is 53.4. The minimum atomic E-state index is -0.843. The number of aliphatic hydroxyl groups is 2. The number of ether oxygens (including phenoxy) is 1. The van der Waals surface area contributed by atoms with Crippen LogP contribution in [0.15, 0.2) is 36.5 Å². The van der Waals surface area contributed by atoms with Crippen molar-refractivity contribution in [1.82, 2.24) is 5.32 Å². The third-order valence-corrected chi connectivity index (χ3v) is 16.6. The van der Waals surface area contributed by atoms with Gasteiger partial charge in [0, 0.05) is 12.8 Å². The van der Waals surface area contributed by atoms with Crippen molar-refractivity contribution < 1.29 is 24.5 Å². The third-order valence-electron chi connectivity index (χ3n) is 16.6. The van der Waals surface area contributed by atoms with Crippen LogP contribution >= 0.6 is 0 Å². The predicted molar refractivity (Wildman–Crippen MR) is 347 cm³/mol. The van der Waals surface area contributed by atoms with Crippen LogP contribution in [0.1, 0.15) is 393 Å². The molecule has 3 N–H and O–H groups in total. The van der Waals surface area contributed by atoms with Gasteiger partial charge in [-0.1, -0.05) is 333 Å². The molecular formula is C73H139NO5. The van der Waals surface area contributed by atoms with Crippen molar-refractivity contribution in [3.05, 3.63) is 36.5 Å². The van der Waals surface area contributed by atoms with Crippen LogP contribution in [0.2, 0.25) is 0 Å². The lowest BCUT2D eigenvalue weighted by Crippen LogP contribution is -2.45. The van der Waals surface area contributed by atoms with Gasteiger partial charge in [-0.15, -0.1) is 0 Å². The van der Waals surface area contributed by atoms with Crippen LogP contribution in [0.4, 0.5) is 0 Å². The van der Waals surface area contributed by atoms with Gasteiger partial charge in [0.2, 0.25) is 5.91 Å². The van der Waals surface area contributed by atoms with Gasteiger partial charge in [0.25, 0.3) is 0 Å². The first kappa shape index (κ1) is 77.1. The lowest BCUT2D eigenvalue weighted by Gasteiger charge is -2.20. The van der Waals surface area contributed by atoms with Crippen LogP contribution in [0, 0.1) is 0 Å². The standard InChI is InChI=1S/C73H139NO5/c1-3-5-7-9-11-13-15-17-19-35-38-41-45-49-53-57-61-65-71(76)70(69-75)74-72(77)66-62-58-54-50-46-42-39-36-33-31-29-27-25-23-21-20-22-24-26-28-30-32-34-37-40-44-48-52-56-60-64-68-79-73(78)67-63-59-55-51-47-43-18-16-14-12-10-8-6-4-2/h16,18,22,24,61,65,70-71,75-76H,3-15,17,19-21,23,25-60,62-64,66-69H2,1-2H3,(H,74,77)/b18-16-,24-22-,65-61+. The van der Waals surface area contributed by atoms with E-state index in [0.717, 1.165) is 44.9 Å². The number of hydrogen-bond acceptors (Lipinski definition) is 5. The molecule has 0 bridgehead atoms. The number of allylic oxidation sites excluding steroid dienone is 5. The van der Waals surface area contributed by atoms with Gasteiger partial charge in [0.15, 0.2) is 0 Å². The molecule has 0 fully saturated rings. The number of carbonyl (C=O) groups is 2. The molecule has 0 aromatic heterocycles. The van der Waals surface area contributed by atoms with Crippen LogP contribution in [0.5, 0.6) is 0 Å². The summed E-state index contributed by atoms with van der Waals surface area (Å²) in [5, 5.41) is 23.2. The van der Waals surface area contributed by atoms with Gasteiger partial charge in [-0.05, 0) is 83.5 Å². The number of hydrogen-bond donors (Lipinski definition) is 3. The highest BCUT2D eigenvalue weighted by Gasteiger charge is 2.18. The molecule has 6 heteroatoms. The first-order chi connectivity index (χ1) is 39.0. The van der Waals surface area contributed by atoms with Crippen molar-refractivity contribution in [2.45, 2.75) is 405 Å². The number of rotatable bonds is 67. The summed E-state index contributed by atoms with van der Waals surface area (Å²) in [6.07, 6.45) is 88.0. The normalized spacial score (nSPS) is 12.7. The van der Waals surface area contributed by atoms with E-state index in [9.17, 15) is 19.8 Å². The first-order valence-electron chi connectivity index (χ1n) is 35.8. The fourth-order valence-electron chi connectivity index (χ4n) is 11.2. The fourth-order valence-corrected chi connectivity index (χ4v) is 11.2. The van der Waals surface area contributed by atoms with Crippen molar-refractivity contribution in [2.75, 3.05) is 13.2 Å². The molecule has 0 aliphatic heterocycles. The molecule has 6 nitrogen and oxygen atoms in total. The van der Waals surface area contributed by atoms with Gasteiger partial charge in [0.1, 0.15) is 0 Å². The SMILES string of the molecule is CCCCCCC/C=C\CCCCCCCC(=O)OCCCCCCCCCCCCCC/C=C\CCCCCCCCCCCCCCCCCC(=O)NC(CO)C(O)/C=C/CCCCCCCCCCCCCCCCC.